The van der Waals surface area contributed by atoms with Gasteiger partial charge in [0.15, 0.2) is 9.84 Å². The van der Waals surface area contributed by atoms with Crippen LogP contribution in [0.25, 0.3) is 0 Å². The highest BCUT2D eigenvalue weighted by Gasteiger charge is 2.35. The van der Waals surface area contributed by atoms with Crippen LogP contribution >= 0.6 is 0 Å². The normalized spacial score (nSPS) is 18.9. The number of rotatable bonds is 4. The van der Waals surface area contributed by atoms with E-state index in [1.165, 1.54) is 4.90 Å². The van der Waals surface area contributed by atoms with Gasteiger partial charge in [-0.15, -0.1) is 0 Å². The molecule has 1 aromatic rings. The molecule has 1 aromatic carbocycles. The Bertz CT molecular complexity index is 731. The fourth-order valence-corrected chi connectivity index (χ4v) is 4.50. The van der Waals surface area contributed by atoms with Gasteiger partial charge in [-0.25, -0.2) is 8.42 Å². The van der Waals surface area contributed by atoms with E-state index < -0.39 is 27.7 Å². The lowest BCUT2D eigenvalue weighted by Crippen LogP contribution is -2.46. The predicted molar refractivity (Wildman–Crippen MR) is 93.8 cm³/mol. The van der Waals surface area contributed by atoms with Gasteiger partial charge in [0.2, 0.25) is 0 Å². The standard InChI is InChI=1S/C16H23N3O4S/c1-4-19(14-8-9-24(22,23)11-14)16(21)15(20)17-12-6-5-7-13(10-12)18(2)3/h5-7,10,14H,4,8-9,11H2,1-3H3,(H,17,20). The van der Waals surface area contributed by atoms with Crippen molar-refractivity contribution < 1.29 is 18.0 Å². The number of amides is 2. The van der Waals surface area contributed by atoms with Gasteiger partial charge in [0.05, 0.1) is 11.5 Å². The Balaban J connectivity index is 2.08. The van der Waals surface area contributed by atoms with E-state index >= 15 is 0 Å². The number of anilines is 2. The van der Waals surface area contributed by atoms with Crippen molar-refractivity contribution in [1.82, 2.24) is 4.90 Å². The third-order valence-electron chi connectivity index (χ3n) is 4.07. The van der Waals surface area contributed by atoms with E-state index in [4.69, 9.17) is 0 Å². The summed E-state index contributed by atoms with van der Waals surface area (Å²) in [4.78, 5) is 27.9. The van der Waals surface area contributed by atoms with E-state index in [-0.39, 0.29) is 11.5 Å². The summed E-state index contributed by atoms with van der Waals surface area (Å²) in [6.45, 7) is 2.03. The molecule has 1 saturated heterocycles. The Labute approximate surface area is 142 Å². The second-order valence-electron chi connectivity index (χ2n) is 6.05. The Morgan fingerprint density at radius 3 is 2.54 bits per heavy atom. The fourth-order valence-electron chi connectivity index (χ4n) is 2.77. The van der Waals surface area contributed by atoms with Gasteiger partial charge in [-0.1, -0.05) is 6.07 Å². The third kappa shape index (κ3) is 4.25. The molecule has 1 N–H and O–H groups in total. The van der Waals surface area contributed by atoms with Crippen molar-refractivity contribution in [2.45, 2.75) is 19.4 Å². The largest absolute Gasteiger partial charge is 0.378 e. The van der Waals surface area contributed by atoms with Crippen LogP contribution in [0.3, 0.4) is 0 Å². The van der Waals surface area contributed by atoms with Crippen LogP contribution in [-0.2, 0) is 19.4 Å². The molecule has 8 heteroatoms. The minimum Gasteiger partial charge on any atom is -0.378 e. The van der Waals surface area contributed by atoms with Crippen molar-refractivity contribution in [3.05, 3.63) is 24.3 Å². The zero-order valence-electron chi connectivity index (χ0n) is 14.2. The van der Waals surface area contributed by atoms with Crippen molar-refractivity contribution in [2.24, 2.45) is 0 Å². The minimum absolute atomic E-state index is 0.0634. The number of carbonyl (C=O) groups is 2. The van der Waals surface area contributed by atoms with Crippen molar-refractivity contribution in [3.8, 4) is 0 Å². The number of sulfone groups is 1. The quantitative estimate of drug-likeness (QED) is 0.806. The average Bonchev–Trinajstić information content (AvgIpc) is 2.88. The Morgan fingerprint density at radius 1 is 1.29 bits per heavy atom. The average molecular weight is 353 g/mol. The molecular formula is C16H23N3O4S. The lowest BCUT2D eigenvalue weighted by molar-refractivity contribution is -0.144. The number of nitrogens with one attached hydrogen (secondary N) is 1. The van der Waals surface area contributed by atoms with Crippen LogP contribution in [-0.4, -0.2) is 63.3 Å². The highest BCUT2D eigenvalue weighted by molar-refractivity contribution is 7.91. The molecule has 0 spiro atoms. The van der Waals surface area contributed by atoms with E-state index in [2.05, 4.69) is 5.32 Å². The topological polar surface area (TPSA) is 86.8 Å². The Morgan fingerprint density at radius 2 is 2.00 bits per heavy atom. The number of hydrogen-bond acceptors (Lipinski definition) is 5. The summed E-state index contributed by atoms with van der Waals surface area (Å²) in [5.74, 6) is -1.46. The molecule has 24 heavy (non-hydrogen) atoms. The van der Waals surface area contributed by atoms with Crippen LogP contribution in [0.15, 0.2) is 24.3 Å². The summed E-state index contributed by atoms with van der Waals surface area (Å²) < 4.78 is 23.2. The molecule has 7 nitrogen and oxygen atoms in total. The molecule has 0 aliphatic carbocycles. The number of benzene rings is 1. The second kappa shape index (κ2) is 7.21. The lowest BCUT2D eigenvalue weighted by atomic mass is 10.2. The molecule has 132 valence electrons. The SMILES string of the molecule is CCN(C(=O)C(=O)Nc1cccc(N(C)C)c1)C1CCS(=O)(=O)C1. The van der Waals surface area contributed by atoms with Crippen molar-refractivity contribution in [1.29, 1.82) is 0 Å². The molecule has 1 unspecified atom stereocenters. The number of hydrogen-bond donors (Lipinski definition) is 1. The molecule has 1 heterocycles. The van der Waals surface area contributed by atoms with Crippen LogP contribution in [0, 0.1) is 0 Å². The highest BCUT2D eigenvalue weighted by atomic mass is 32.2. The molecule has 0 bridgehead atoms. The van der Waals surface area contributed by atoms with E-state index in [0.29, 0.717) is 18.7 Å². The van der Waals surface area contributed by atoms with Gasteiger partial charge in [-0.2, -0.15) is 0 Å². The number of nitrogens with zero attached hydrogens (tertiary/aromatic N) is 2. The van der Waals surface area contributed by atoms with Crippen LogP contribution in [0.1, 0.15) is 13.3 Å². The first kappa shape index (κ1) is 18.3. The molecule has 1 aliphatic rings. The fraction of sp³-hybridized carbons (Fsp3) is 0.500. The lowest BCUT2D eigenvalue weighted by Gasteiger charge is -2.26. The molecule has 2 amide bonds. The van der Waals surface area contributed by atoms with Gasteiger partial charge in [0, 0.05) is 38.1 Å². The predicted octanol–water partition coefficient (Wildman–Crippen LogP) is 0.727. The van der Waals surface area contributed by atoms with Crippen LogP contribution < -0.4 is 10.2 Å². The number of carbonyl (C=O) groups excluding carboxylic acids is 2. The van der Waals surface area contributed by atoms with E-state index in [0.717, 1.165) is 5.69 Å². The minimum atomic E-state index is -3.11. The summed E-state index contributed by atoms with van der Waals surface area (Å²) in [6.07, 6.45) is 0.380. The maximum atomic E-state index is 12.4. The Hall–Kier alpha value is -2.09. The smallest absolute Gasteiger partial charge is 0.313 e. The highest BCUT2D eigenvalue weighted by Crippen LogP contribution is 2.20. The first-order valence-corrected chi connectivity index (χ1v) is 9.65. The molecule has 0 saturated carbocycles. The zero-order valence-corrected chi connectivity index (χ0v) is 15.0. The van der Waals surface area contributed by atoms with Crippen molar-refractivity contribution in [2.75, 3.05) is 42.4 Å². The summed E-state index contributed by atoms with van der Waals surface area (Å²) in [5, 5.41) is 2.59. The van der Waals surface area contributed by atoms with Gasteiger partial charge in [0.25, 0.3) is 0 Å². The van der Waals surface area contributed by atoms with Crippen molar-refractivity contribution in [3.63, 3.8) is 0 Å². The number of likely N-dealkylation sites (N-methyl/N-ethyl adjacent to an activating group) is 1. The van der Waals surface area contributed by atoms with E-state index in [1.807, 2.05) is 25.1 Å². The van der Waals surface area contributed by atoms with Gasteiger partial charge in [-0.3, -0.25) is 9.59 Å². The summed E-state index contributed by atoms with van der Waals surface area (Å²) >= 11 is 0. The van der Waals surface area contributed by atoms with Crippen LogP contribution in [0.5, 0.6) is 0 Å². The van der Waals surface area contributed by atoms with E-state index in [1.54, 1.807) is 25.1 Å². The van der Waals surface area contributed by atoms with Gasteiger partial charge < -0.3 is 15.1 Å². The van der Waals surface area contributed by atoms with E-state index in [9.17, 15) is 18.0 Å². The second-order valence-corrected chi connectivity index (χ2v) is 8.28. The third-order valence-corrected chi connectivity index (χ3v) is 5.82. The Kier molecular flexibility index (Phi) is 5.48. The van der Waals surface area contributed by atoms with Crippen LogP contribution in [0.2, 0.25) is 0 Å². The molecule has 1 aliphatic heterocycles. The zero-order chi connectivity index (χ0) is 17.9. The van der Waals surface area contributed by atoms with Crippen molar-refractivity contribution >= 4 is 33.0 Å². The maximum absolute atomic E-state index is 12.4. The molecule has 0 aromatic heterocycles. The first-order valence-electron chi connectivity index (χ1n) is 7.83. The summed E-state index contributed by atoms with van der Waals surface area (Å²) in [5.41, 5.74) is 1.42. The molecule has 2 rings (SSSR count). The first-order chi connectivity index (χ1) is 11.2. The van der Waals surface area contributed by atoms with Crippen LogP contribution in [0.4, 0.5) is 11.4 Å². The monoisotopic (exact) mass is 353 g/mol. The van der Waals surface area contributed by atoms with Gasteiger partial charge in [-0.05, 0) is 31.5 Å². The molecule has 1 atom stereocenters. The summed E-state index contributed by atoms with van der Waals surface area (Å²) in [7, 11) is 0.646. The summed E-state index contributed by atoms with van der Waals surface area (Å²) in [6, 6.07) is 6.72. The maximum Gasteiger partial charge on any atom is 0.313 e. The molecule has 0 radical (unpaired) electrons. The molecular weight excluding hydrogens is 330 g/mol. The van der Waals surface area contributed by atoms with Gasteiger partial charge >= 0.3 is 11.8 Å². The van der Waals surface area contributed by atoms with Gasteiger partial charge in [0.1, 0.15) is 0 Å². The molecule has 1 fully saturated rings.